The summed E-state index contributed by atoms with van der Waals surface area (Å²) in [6.45, 7) is 0.214. The zero-order chi connectivity index (χ0) is 20.1. The van der Waals surface area contributed by atoms with Crippen LogP contribution < -0.4 is 23.7 Å². The van der Waals surface area contributed by atoms with Gasteiger partial charge in [0.05, 0.1) is 27.4 Å². The minimum Gasteiger partial charge on any atom is -0.493 e. The summed E-state index contributed by atoms with van der Waals surface area (Å²) in [5.41, 5.74) is 3.10. The first-order valence-electron chi connectivity index (χ1n) is 9.65. The van der Waals surface area contributed by atoms with E-state index >= 15 is 0 Å². The summed E-state index contributed by atoms with van der Waals surface area (Å²) in [5.74, 6) is 5.83. The van der Waals surface area contributed by atoms with Crippen LogP contribution in [0.25, 0.3) is 0 Å². The first kappa shape index (κ1) is 18.8. The Morgan fingerprint density at radius 3 is 2.10 bits per heavy atom. The van der Waals surface area contributed by atoms with Gasteiger partial charge in [-0.3, -0.25) is 0 Å². The molecule has 0 unspecified atom stereocenters. The molecule has 0 radical (unpaired) electrons. The van der Waals surface area contributed by atoms with Gasteiger partial charge in [0.15, 0.2) is 23.0 Å². The Bertz CT molecular complexity index is 920. The van der Waals surface area contributed by atoms with E-state index in [4.69, 9.17) is 23.7 Å². The van der Waals surface area contributed by atoms with Gasteiger partial charge in [0.1, 0.15) is 0 Å². The van der Waals surface area contributed by atoms with Crippen LogP contribution in [0.5, 0.6) is 28.7 Å². The van der Waals surface area contributed by atoms with Crippen molar-refractivity contribution in [2.24, 2.45) is 11.8 Å². The lowest BCUT2D eigenvalue weighted by Crippen LogP contribution is -2.33. The normalized spacial score (nSPS) is 26.6. The van der Waals surface area contributed by atoms with E-state index in [2.05, 4.69) is 0 Å². The topological polar surface area (TPSA) is 66.4 Å². The minimum atomic E-state index is -0.502. The maximum atomic E-state index is 11.1. The van der Waals surface area contributed by atoms with E-state index in [1.54, 1.807) is 21.3 Å². The summed E-state index contributed by atoms with van der Waals surface area (Å²) in [7, 11) is 4.87. The van der Waals surface area contributed by atoms with Crippen LogP contribution in [-0.2, 0) is 0 Å². The summed E-state index contributed by atoms with van der Waals surface area (Å²) in [5, 5.41) is 11.1. The van der Waals surface area contributed by atoms with Crippen LogP contribution in [0.15, 0.2) is 24.3 Å². The van der Waals surface area contributed by atoms with Crippen molar-refractivity contribution in [1.82, 2.24) is 0 Å². The van der Waals surface area contributed by atoms with Gasteiger partial charge >= 0.3 is 0 Å². The molecular formula is C22H24O6S. The average Bonchev–Trinajstić information content (AvgIpc) is 3.41. The van der Waals surface area contributed by atoms with Gasteiger partial charge in [0, 0.05) is 11.8 Å². The molecule has 29 heavy (non-hydrogen) atoms. The highest BCUT2D eigenvalue weighted by Crippen LogP contribution is 2.57. The molecule has 0 amide bonds. The Morgan fingerprint density at radius 2 is 1.48 bits per heavy atom. The number of hydrogen-bond donors (Lipinski definition) is 1. The van der Waals surface area contributed by atoms with E-state index in [-0.39, 0.29) is 18.6 Å². The summed E-state index contributed by atoms with van der Waals surface area (Å²) < 4.78 is 27.9. The number of fused-ring (bicyclic) bond motifs is 3. The standard InChI is InChI=1S/C22H24O6S/c1-24-18-4-11(5-19(25-2)22(18)26-3)20-12-6-16-17(28-10-27-16)7-13(12)21(23)15-9-29-8-14(15)20/h4-7,14-15,20-21,23H,8-10H2,1-3H3/t14-,15-,20-,21+/m0/s1. The highest BCUT2D eigenvalue weighted by Gasteiger charge is 2.46. The zero-order valence-electron chi connectivity index (χ0n) is 16.6. The fraction of sp³-hybridized carbons (Fsp3) is 0.455. The highest BCUT2D eigenvalue weighted by atomic mass is 32.2. The first-order chi connectivity index (χ1) is 14.2. The number of benzene rings is 2. The van der Waals surface area contributed by atoms with Gasteiger partial charge < -0.3 is 28.8 Å². The Hall–Kier alpha value is -2.25. The number of rotatable bonds is 4. The smallest absolute Gasteiger partial charge is 0.231 e. The van der Waals surface area contributed by atoms with Crippen molar-refractivity contribution in [3.8, 4) is 28.7 Å². The van der Waals surface area contributed by atoms with Crippen molar-refractivity contribution in [2.75, 3.05) is 39.6 Å². The number of methoxy groups -OCH3 is 3. The summed E-state index contributed by atoms with van der Waals surface area (Å²) in [6.07, 6.45) is -0.502. The lowest BCUT2D eigenvalue weighted by molar-refractivity contribution is 0.0775. The van der Waals surface area contributed by atoms with Crippen LogP contribution in [0.2, 0.25) is 0 Å². The molecule has 4 atom stereocenters. The molecule has 1 aliphatic carbocycles. The molecule has 1 saturated heterocycles. The molecule has 154 valence electrons. The summed E-state index contributed by atoms with van der Waals surface area (Å²) in [4.78, 5) is 0. The Kier molecular flexibility index (Phi) is 4.67. The zero-order valence-corrected chi connectivity index (χ0v) is 17.5. The van der Waals surface area contributed by atoms with Crippen LogP contribution in [0.4, 0.5) is 0 Å². The Labute approximate surface area is 174 Å². The third-order valence-electron chi connectivity index (χ3n) is 6.28. The molecule has 7 heteroatoms. The minimum absolute atomic E-state index is 0.0941. The number of aliphatic hydroxyl groups is 1. The SMILES string of the molecule is COc1cc([C@H]2c3cc4c(cc3[C@@H](O)[C@H]3CSC[C@H]23)OCO4)cc(OC)c1OC. The van der Waals surface area contributed by atoms with Gasteiger partial charge in [-0.1, -0.05) is 0 Å². The highest BCUT2D eigenvalue weighted by molar-refractivity contribution is 7.99. The lowest BCUT2D eigenvalue weighted by atomic mass is 9.66. The molecule has 5 rings (SSSR count). The van der Waals surface area contributed by atoms with Crippen LogP contribution in [-0.4, -0.2) is 44.7 Å². The van der Waals surface area contributed by atoms with E-state index in [0.29, 0.717) is 28.9 Å². The molecule has 0 aromatic heterocycles. The molecule has 1 fully saturated rings. The maximum absolute atomic E-state index is 11.1. The summed E-state index contributed by atoms with van der Waals surface area (Å²) in [6, 6.07) is 8.04. The molecule has 2 aliphatic heterocycles. The van der Waals surface area contributed by atoms with Gasteiger partial charge in [-0.25, -0.2) is 0 Å². The largest absolute Gasteiger partial charge is 0.493 e. The van der Waals surface area contributed by atoms with Crippen molar-refractivity contribution in [1.29, 1.82) is 0 Å². The number of aliphatic hydroxyl groups excluding tert-OH is 1. The molecular weight excluding hydrogens is 392 g/mol. The Morgan fingerprint density at radius 1 is 0.862 bits per heavy atom. The number of thioether (sulfide) groups is 1. The second-order valence-electron chi connectivity index (χ2n) is 7.58. The molecule has 0 bridgehead atoms. The van der Waals surface area contributed by atoms with Crippen LogP contribution in [0, 0.1) is 11.8 Å². The van der Waals surface area contributed by atoms with E-state index in [0.717, 1.165) is 33.9 Å². The first-order valence-corrected chi connectivity index (χ1v) is 10.8. The molecule has 2 aromatic carbocycles. The van der Waals surface area contributed by atoms with Gasteiger partial charge in [0.2, 0.25) is 12.5 Å². The van der Waals surface area contributed by atoms with Gasteiger partial charge in [0.25, 0.3) is 0 Å². The Balaban J connectivity index is 1.71. The number of hydrogen-bond acceptors (Lipinski definition) is 7. The second kappa shape index (κ2) is 7.22. The molecule has 1 N–H and O–H groups in total. The van der Waals surface area contributed by atoms with Crippen molar-refractivity contribution in [3.05, 3.63) is 41.0 Å². The van der Waals surface area contributed by atoms with Gasteiger partial charge in [-0.15, -0.1) is 0 Å². The van der Waals surface area contributed by atoms with E-state index in [1.165, 1.54) is 0 Å². The van der Waals surface area contributed by atoms with Gasteiger partial charge in [-0.2, -0.15) is 11.8 Å². The monoisotopic (exact) mass is 416 g/mol. The van der Waals surface area contributed by atoms with E-state index < -0.39 is 6.10 Å². The van der Waals surface area contributed by atoms with Crippen molar-refractivity contribution < 1.29 is 28.8 Å². The van der Waals surface area contributed by atoms with Gasteiger partial charge in [-0.05, 0) is 58.4 Å². The molecule has 2 aromatic rings. The molecule has 0 spiro atoms. The molecule has 0 saturated carbocycles. The van der Waals surface area contributed by atoms with Crippen LogP contribution in [0.3, 0.4) is 0 Å². The van der Waals surface area contributed by atoms with Crippen molar-refractivity contribution in [2.45, 2.75) is 12.0 Å². The predicted octanol–water partition coefficient (Wildman–Crippen LogP) is 3.60. The van der Waals surface area contributed by atoms with Crippen LogP contribution in [0.1, 0.15) is 28.7 Å². The fourth-order valence-electron chi connectivity index (χ4n) is 4.92. The number of ether oxygens (including phenoxy) is 5. The third kappa shape index (κ3) is 2.82. The fourth-order valence-corrected chi connectivity index (χ4v) is 6.47. The average molecular weight is 416 g/mol. The molecule has 2 heterocycles. The molecule has 6 nitrogen and oxygen atoms in total. The summed E-state index contributed by atoms with van der Waals surface area (Å²) >= 11 is 1.90. The van der Waals surface area contributed by atoms with E-state index in [1.807, 2.05) is 36.0 Å². The maximum Gasteiger partial charge on any atom is 0.231 e. The second-order valence-corrected chi connectivity index (χ2v) is 8.66. The predicted molar refractivity (Wildman–Crippen MR) is 110 cm³/mol. The third-order valence-corrected chi connectivity index (χ3v) is 7.52. The quantitative estimate of drug-likeness (QED) is 0.817. The van der Waals surface area contributed by atoms with Crippen LogP contribution >= 0.6 is 11.8 Å². The van der Waals surface area contributed by atoms with Crippen molar-refractivity contribution >= 4 is 11.8 Å². The van der Waals surface area contributed by atoms with Crippen molar-refractivity contribution in [3.63, 3.8) is 0 Å². The van der Waals surface area contributed by atoms with E-state index in [9.17, 15) is 5.11 Å². The lowest BCUT2D eigenvalue weighted by Gasteiger charge is -2.39. The molecule has 3 aliphatic rings.